The van der Waals surface area contributed by atoms with Crippen molar-refractivity contribution in [3.05, 3.63) is 97.2 Å². The minimum absolute atomic E-state index is 0.0315. The van der Waals surface area contributed by atoms with Crippen LogP contribution in [-0.2, 0) is 32.7 Å². The van der Waals surface area contributed by atoms with Gasteiger partial charge < -0.3 is 27.9 Å². The summed E-state index contributed by atoms with van der Waals surface area (Å²) in [5.41, 5.74) is 0. The fraction of sp³-hybridized carbons (Fsp3) is 0.793. The van der Waals surface area contributed by atoms with Crippen LogP contribution in [-0.4, -0.2) is 70.0 Å². The molecule has 0 radical (unpaired) electrons. The van der Waals surface area contributed by atoms with Gasteiger partial charge in [-0.05, 0) is 77.0 Å². The van der Waals surface area contributed by atoms with Gasteiger partial charge in [-0.15, -0.1) is 0 Å². The molecule has 0 bridgehead atoms. The van der Waals surface area contributed by atoms with E-state index < -0.39 is 26.5 Å². The molecule has 0 aromatic rings. The Kier molecular flexibility index (Phi) is 74.7. The second-order valence-corrected chi connectivity index (χ2v) is 30.5. The molecule has 564 valence electrons. The van der Waals surface area contributed by atoms with Crippen LogP contribution in [0.4, 0.5) is 0 Å². The molecular formula is C87H158NO8P. The topological polar surface area (TPSA) is 111 Å². The minimum atomic E-state index is -4.65. The van der Waals surface area contributed by atoms with Crippen molar-refractivity contribution in [2.24, 2.45) is 0 Å². The number of unbranched alkanes of at least 4 members (excludes halogenated alkanes) is 47. The van der Waals surface area contributed by atoms with Gasteiger partial charge in [-0.1, -0.05) is 400 Å². The van der Waals surface area contributed by atoms with Gasteiger partial charge in [0, 0.05) is 12.8 Å². The Morgan fingerprint density at radius 2 is 0.588 bits per heavy atom. The van der Waals surface area contributed by atoms with Crippen molar-refractivity contribution in [3.63, 3.8) is 0 Å². The summed E-state index contributed by atoms with van der Waals surface area (Å²) in [6.45, 7) is 4.19. The Hall–Kier alpha value is -3.07. The number of phosphoric ester groups is 1. The average molecular weight is 1380 g/mol. The van der Waals surface area contributed by atoms with Crippen LogP contribution in [0.2, 0.25) is 0 Å². The highest BCUT2D eigenvalue weighted by atomic mass is 31.2. The maximum absolute atomic E-state index is 12.9. The monoisotopic (exact) mass is 1380 g/mol. The molecule has 0 aliphatic heterocycles. The van der Waals surface area contributed by atoms with Crippen LogP contribution in [0.1, 0.15) is 393 Å². The molecule has 10 heteroatoms. The molecule has 0 N–H and O–H groups in total. The second-order valence-electron chi connectivity index (χ2n) is 29.1. The molecule has 0 aliphatic carbocycles. The summed E-state index contributed by atoms with van der Waals surface area (Å²) in [6, 6.07) is 0. The number of likely N-dealkylation sites (N-methyl/N-ethyl adjacent to an activating group) is 1. The molecule has 9 nitrogen and oxygen atoms in total. The molecule has 0 fully saturated rings. The standard InChI is InChI=1S/C87H158NO8P/c1-6-8-10-12-14-16-18-20-22-24-26-28-30-32-34-36-38-40-42-43-44-45-46-48-50-52-54-56-58-60-62-64-66-68-70-72-74-76-78-80-87(90)96-85(84-95-97(91,92)94-82-81-88(3,4)5)83-93-86(89)79-77-75-73-71-69-67-65-63-61-59-57-55-53-51-49-47-41-39-37-35-33-31-29-27-25-23-21-19-17-15-13-11-9-7-2/h8,10,14,16,20,22,26,28,32,34,38,40,43-44,46,48,85H,6-7,9,11-13,15,17-19,21,23-25,27,29-31,33,35-37,39,41-42,45,47,49-84H2,1-5H3/b10-8-,16-14-,22-20-,28-26-,34-32-,40-38-,44-43-,48-46-. The maximum Gasteiger partial charge on any atom is 0.306 e. The van der Waals surface area contributed by atoms with Gasteiger partial charge in [-0.2, -0.15) is 0 Å². The van der Waals surface area contributed by atoms with Gasteiger partial charge in [0.1, 0.15) is 19.8 Å². The molecule has 0 heterocycles. The molecule has 2 atom stereocenters. The fourth-order valence-electron chi connectivity index (χ4n) is 12.1. The van der Waals surface area contributed by atoms with Gasteiger partial charge in [0.05, 0.1) is 27.7 Å². The molecule has 0 spiro atoms. The quantitative estimate of drug-likeness (QED) is 0.0195. The van der Waals surface area contributed by atoms with E-state index in [-0.39, 0.29) is 32.0 Å². The van der Waals surface area contributed by atoms with Crippen molar-refractivity contribution in [1.29, 1.82) is 0 Å². The zero-order valence-electron chi connectivity index (χ0n) is 64.5. The van der Waals surface area contributed by atoms with E-state index >= 15 is 0 Å². The van der Waals surface area contributed by atoms with E-state index in [2.05, 4.69) is 111 Å². The van der Waals surface area contributed by atoms with Crippen molar-refractivity contribution < 1.29 is 42.1 Å². The van der Waals surface area contributed by atoms with Crippen molar-refractivity contribution in [2.45, 2.75) is 399 Å². The summed E-state index contributed by atoms with van der Waals surface area (Å²) in [7, 11) is 1.18. The lowest BCUT2D eigenvalue weighted by Gasteiger charge is -2.28. The van der Waals surface area contributed by atoms with Gasteiger partial charge in [0.2, 0.25) is 0 Å². The Bertz CT molecular complexity index is 1960. The second kappa shape index (κ2) is 77.1. The Morgan fingerprint density at radius 1 is 0.330 bits per heavy atom. The Labute approximate surface area is 602 Å². The van der Waals surface area contributed by atoms with Crippen molar-refractivity contribution >= 4 is 19.8 Å². The molecule has 0 rings (SSSR count). The number of allylic oxidation sites excluding steroid dienone is 16. The van der Waals surface area contributed by atoms with Crippen LogP contribution in [0.15, 0.2) is 97.2 Å². The van der Waals surface area contributed by atoms with E-state index in [1.54, 1.807) is 0 Å². The number of nitrogens with zero attached hydrogens (tertiary/aromatic N) is 1. The molecule has 0 saturated carbocycles. The van der Waals surface area contributed by atoms with E-state index in [4.69, 9.17) is 18.5 Å². The third-order valence-corrected chi connectivity index (χ3v) is 19.3. The smallest absolute Gasteiger partial charge is 0.306 e. The first kappa shape index (κ1) is 93.9. The highest BCUT2D eigenvalue weighted by molar-refractivity contribution is 7.45. The van der Waals surface area contributed by atoms with Gasteiger partial charge in [-0.3, -0.25) is 14.2 Å². The molecule has 0 aromatic carbocycles. The molecule has 0 aliphatic rings. The summed E-state index contributed by atoms with van der Waals surface area (Å²) in [6.07, 6.45) is 108. The zero-order chi connectivity index (χ0) is 70.4. The van der Waals surface area contributed by atoms with Crippen LogP contribution in [0.25, 0.3) is 0 Å². The summed E-state index contributed by atoms with van der Waals surface area (Å²) < 4.78 is 34.4. The molecule has 0 saturated heterocycles. The van der Waals surface area contributed by atoms with Crippen LogP contribution in [0, 0.1) is 0 Å². The number of hydrogen-bond donors (Lipinski definition) is 0. The molecule has 0 aromatic heterocycles. The van der Waals surface area contributed by atoms with Crippen LogP contribution >= 0.6 is 7.82 Å². The minimum Gasteiger partial charge on any atom is -0.756 e. The van der Waals surface area contributed by atoms with E-state index in [0.29, 0.717) is 17.4 Å². The predicted octanol–water partition coefficient (Wildman–Crippen LogP) is 27.2. The third kappa shape index (κ3) is 81.8. The van der Waals surface area contributed by atoms with E-state index in [1.807, 2.05) is 21.1 Å². The van der Waals surface area contributed by atoms with E-state index in [9.17, 15) is 19.0 Å². The van der Waals surface area contributed by atoms with E-state index in [0.717, 1.165) is 89.9 Å². The number of carbonyl (C=O) groups is 2. The van der Waals surface area contributed by atoms with Gasteiger partial charge >= 0.3 is 11.9 Å². The number of rotatable bonds is 77. The third-order valence-electron chi connectivity index (χ3n) is 18.4. The van der Waals surface area contributed by atoms with Gasteiger partial charge in [0.25, 0.3) is 7.82 Å². The maximum atomic E-state index is 12.9. The lowest BCUT2D eigenvalue weighted by Crippen LogP contribution is -2.37. The number of quaternary nitrogens is 1. The lowest BCUT2D eigenvalue weighted by atomic mass is 10.0. The Morgan fingerprint density at radius 3 is 0.876 bits per heavy atom. The van der Waals surface area contributed by atoms with Crippen molar-refractivity contribution in [3.8, 4) is 0 Å². The van der Waals surface area contributed by atoms with Crippen LogP contribution in [0.5, 0.6) is 0 Å². The lowest BCUT2D eigenvalue weighted by molar-refractivity contribution is -0.870. The van der Waals surface area contributed by atoms with Gasteiger partial charge in [-0.25, -0.2) is 0 Å². The summed E-state index contributed by atoms with van der Waals surface area (Å²) >= 11 is 0. The fourth-order valence-corrected chi connectivity index (χ4v) is 12.8. The first-order valence-electron chi connectivity index (χ1n) is 41.4. The normalized spacial score (nSPS) is 13.5. The average Bonchev–Trinajstić information content (AvgIpc) is 1.69. The number of carbonyl (C=O) groups excluding carboxylic acids is 2. The first-order valence-corrected chi connectivity index (χ1v) is 42.9. The number of hydrogen-bond acceptors (Lipinski definition) is 8. The first-order chi connectivity index (χ1) is 47.5. The molecule has 0 amide bonds. The zero-order valence-corrected chi connectivity index (χ0v) is 65.4. The SMILES string of the molecule is CC/C=C\C/C=C\C/C=C\C/C=C\C/C=C\C/C=C\C/C=C\C/C=C\CCCCCCCCCCCCCCCCC(=O)OC(COC(=O)CCCCCCCCCCCCCCCCCCCCCCCCCCCCCCCCCCCC)COP(=O)([O-])OCC[N+](C)(C)C. The van der Waals surface area contributed by atoms with Crippen LogP contribution in [0.3, 0.4) is 0 Å². The van der Waals surface area contributed by atoms with Crippen molar-refractivity contribution in [1.82, 2.24) is 0 Å². The van der Waals surface area contributed by atoms with Gasteiger partial charge in [0.15, 0.2) is 6.10 Å². The van der Waals surface area contributed by atoms with Crippen LogP contribution < -0.4 is 4.89 Å². The Balaban J connectivity index is 3.95. The number of ether oxygens (including phenoxy) is 2. The highest BCUT2D eigenvalue weighted by Gasteiger charge is 2.22. The summed E-state index contributed by atoms with van der Waals surface area (Å²) in [4.78, 5) is 38.2. The predicted molar refractivity (Wildman–Crippen MR) is 420 cm³/mol. The highest BCUT2D eigenvalue weighted by Crippen LogP contribution is 2.38. The molecule has 2 unspecified atom stereocenters. The number of esters is 2. The largest absolute Gasteiger partial charge is 0.756 e. The molecule has 97 heavy (non-hydrogen) atoms. The number of phosphoric acid groups is 1. The summed E-state index contributed by atoms with van der Waals surface area (Å²) in [5, 5.41) is 0. The summed E-state index contributed by atoms with van der Waals surface area (Å²) in [5.74, 6) is -0.818. The van der Waals surface area contributed by atoms with E-state index in [1.165, 1.54) is 270 Å². The molecular weight excluding hydrogens is 1220 g/mol. The van der Waals surface area contributed by atoms with Crippen molar-refractivity contribution in [2.75, 3.05) is 47.5 Å².